The predicted octanol–water partition coefficient (Wildman–Crippen LogP) is 2.24. The second-order valence-electron chi connectivity index (χ2n) is 6.52. The van der Waals surface area contributed by atoms with E-state index >= 15 is 0 Å². The van der Waals surface area contributed by atoms with Gasteiger partial charge in [0, 0.05) is 34.8 Å². The number of nitrogens with one attached hydrogen (secondary N) is 1. The maximum absolute atomic E-state index is 12.5. The van der Waals surface area contributed by atoms with E-state index in [0.29, 0.717) is 30.1 Å². The average Bonchev–Trinajstić information content (AvgIpc) is 2.78. The van der Waals surface area contributed by atoms with Crippen molar-refractivity contribution in [3.05, 3.63) is 28.8 Å². The highest BCUT2D eigenvalue weighted by molar-refractivity contribution is 6.41. The summed E-state index contributed by atoms with van der Waals surface area (Å²) in [6, 6.07) is 5.38. The first-order valence-corrected chi connectivity index (χ1v) is 8.22. The summed E-state index contributed by atoms with van der Waals surface area (Å²) in [4.78, 5) is 26.0. The fourth-order valence-electron chi connectivity index (χ4n) is 2.90. The number of hydrogen-bond donors (Lipinski definition) is 2. The van der Waals surface area contributed by atoms with Crippen LogP contribution in [0, 0.1) is 0 Å². The van der Waals surface area contributed by atoms with Crippen LogP contribution >= 0.6 is 11.6 Å². The molecule has 2 N–H and O–H groups in total. The summed E-state index contributed by atoms with van der Waals surface area (Å²) in [6.07, 6.45) is 0.593. The number of hydrogen-bond acceptors (Lipinski definition) is 3. The van der Waals surface area contributed by atoms with E-state index in [0.717, 1.165) is 5.56 Å². The van der Waals surface area contributed by atoms with Crippen molar-refractivity contribution in [3.63, 3.8) is 0 Å². The molecule has 0 bridgehead atoms. The minimum Gasteiger partial charge on any atom is -0.393 e. The Bertz CT molecular complexity index is 616. The highest BCUT2D eigenvalue weighted by Crippen LogP contribution is 2.44. The molecule has 1 atom stereocenters. The molecule has 1 aliphatic heterocycles. The average molecular weight is 339 g/mol. The number of fused-ring (bicyclic) bond motifs is 1. The Labute approximate surface area is 141 Å². The van der Waals surface area contributed by atoms with Gasteiger partial charge in [0.25, 0.3) is 0 Å². The third-order valence-electron chi connectivity index (χ3n) is 4.19. The molecule has 0 radical (unpaired) electrons. The summed E-state index contributed by atoms with van der Waals surface area (Å²) < 4.78 is 0. The van der Waals surface area contributed by atoms with Gasteiger partial charge in [0.2, 0.25) is 0 Å². The zero-order chi connectivity index (χ0) is 17.2. The van der Waals surface area contributed by atoms with Crippen LogP contribution in [0.2, 0.25) is 5.02 Å². The van der Waals surface area contributed by atoms with E-state index in [-0.39, 0.29) is 12.0 Å². The molecule has 1 aromatic carbocycles. The number of nitrogens with zero attached hydrogens (tertiary/aromatic N) is 1. The highest BCUT2D eigenvalue weighted by atomic mass is 35.5. The van der Waals surface area contributed by atoms with Crippen LogP contribution in [-0.2, 0) is 15.0 Å². The largest absolute Gasteiger partial charge is 0.393 e. The van der Waals surface area contributed by atoms with Gasteiger partial charge < -0.3 is 15.3 Å². The lowest BCUT2D eigenvalue weighted by molar-refractivity contribution is -0.137. The van der Waals surface area contributed by atoms with Crippen LogP contribution < -0.4 is 10.2 Å². The number of anilines is 1. The maximum Gasteiger partial charge on any atom is 0.316 e. The van der Waals surface area contributed by atoms with Crippen LogP contribution in [0.4, 0.5) is 5.69 Å². The van der Waals surface area contributed by atoms with E-state index in [4.69, 9.17) is 11.6 Å². The fourth-order valence-corrected chi connectivity index (χ4v) is 3.33. The van der Waals surface area contributed by atoms with Crippen LogP contribution in [-0.4, -0.2) is 36.1 Å². The number of halogens is 1. The molecule has 0 fully saturated rings. The van der Waals surface area contributed by atoms with Crippen molar-refractivity contribution < 1.29 is 14.7 Å². The van der Waals surface area contributed by atoms with E-state index in [1.54, 1.807) is 12.1 Å². The summed E-state index contributed by atoms with van der Waals surface area (Å²) in [6.45, 7) is 6.56. The van der Waals surface area contributed by atoms with Crippen LogP contribution in [0.3, 0.4) is 0 Å². The minimum atomic E-state index is -0.656. The molecular weight excluding hydrogens is 316 g/mol. The molecule has 1 aliphatic rings. The predicted molar refractivity (Wildman–Crippen MR) is 90.8 cm³/mol. The van der Waals surface area contributed by atoms with E-state index < -0.39 is 17.9 Å². The molecule has 126 valence electrons. The van der Waals surface area contributed by atoms with E-state index in [1.165, 1.54) is 4.90 Å². The van der Waals surface area contributed by atoms with E-state index in [1.807, 2.05) is 26.8 Å². The molecule has 0 aromatic heterocycles. The van der Waals surface area contributed by atoms with E-state index in [9.17, 15) is 14.7 Å². The lowest BCUT2D eigenvalue weighted by Gasteiger charge is -2.20. The summed E-state index contributed by atoms with van der Waals surface area (Å²) in [5.41, 5.74) is 1.28. The summed E-state index contributed by atoms with van der Waals surface area (Å²) >= 11 is 6.27. The highest BCUT2D eigenvalue weighted by Gasteiger charge is 2.41. The van der Waals surface area contributed by atoms with Gasteiger partial charge in [-0.25, -0.2) is 0 Å². The van der Waals surface area contributed by atoms with Gasteiger partial charge in [-0.3, -0.25) is 9.59 Å². The van der Waals surface area contributed by atoms with Crippen molar-refractivity contribution in [2.45, 2.75) is 45.1 Å². The first-order chi connectivity index (χ1) is 10.8. The smallest absolute Gasteiger partial charge is 0.316 e. The Morgan fingerprint density at radius 2 is 2.13 bits per heavy atom. The summed E-state index contributed by atoms with van der Waals surface area (Å²) in [5, 5.41) is 12.7. The molecule has 0 saturated heterocycles. The molecule has 0 spiro atoms. The third-order valence-corrected chi connectivity index (χ3v) is 4.50. The van der Waals surface area contributed by atoms with Gasteiger partial charge in [0.05, 0.1) is 6.10 Å². The van der Waals surface area contributed by atoms with Crippen LogP contribution in [0.25, 0.3) is 0 Å². The minimum absolute atomic E-state index is 0.277. The Kier molecular flexibility index (Phi) is 5.32. The van der Waals surface area contributed by atoms with Gasteiger partial charge >= 0.3 is 11.8 Å². The molecule has 5 nitrogen and oxygen atoms in total. The maximum atomic E-state index is 12.5. The molecule has 1 unspecified atom stereocenters. The molecule has 0 saturated carbocycles. The zero-order valence-corrected chi connectivity index (χ0v) is 14.5. The SMILES string of the molecule is CCC(O)CCNC(=O)C(=O)N1CC(C)(C)c2c(Cl)cccc21. The fraction of sp³-hybridized carbons (Fsp3) is 0.529. The van der Waals surface area contributed by atoms with Gasteiger partial charge in [0.1, 0.15) is 0 Å². The topological polar surface area (TPSA) is 69.6 Å². The standard InChI is InChI=1S/C17H23ClN2O3/c1-4-11(21)8-9-19-15(22)16(23)20-10-17(2,3)14-12(18)6-5-7-13(14)20/h5-7,11,21H,4,8-10H2,1-3H3,(H,19,22). The lowest BCUT2D eigenvalue weighted by atomic mass is 9.87. The van der Waals surface area contributed by atoms with Gasteiger partial charge in [-0.05, 0) is 25.0 Å². The zero-order valence-electron chi connectivity index (χ0n) is 13.7. The third kappa shape index (κ3) is 3.67. The quantitative estimate of drug-likeness (QED) is 0.827. The van der Waals surface area contributed by atoms with Crippen molar-refractivity contribution in [2.24, 2.45) is 0 Å². The van der Waals surface area contributed by atoms with Crippen LogP contribution in [0.1, 0.15) is 39.2 Å². The van der Waals surface area contributed by atoms with Crippen molar-refractivity contribution in [1.29, 1.82) is 0 Å². The summed E-state index contributed by atoms with van der Waals surface area (Å²) in [5.74, 6) is -1.25. The number of benzene rings is 1. The number of aliphatic hydroxyl groups is 1. The van der Waals surface area contributed by atoms with Gasteiger partial charge in [-0.1, -0.05) is 38.4 Å². The van der Waals surface area contributed by atoms with Gasteiger partial charge in [-0.2, -0.15) is 0 Å². The molecule has 1 aromatic rings. The normalized spacial score (nSPS) is 16.8. The van der Waals surface area contributed by atoms with Gasteiger partial charge in [0.15, 0.2) is 0 Å². The van der Waals surface area contributed by atoms with Crippen LogP contribution in [0.5, 0.6) is 0 Å². The lowest BCUT2D eigenvalue weighted by Crippen LogP contribution is -2.44. The first-order valence-electron chi connectivity index (χ1n) is 7.84. The van der Waals surface area contributed by atoms with Crippen molar-refractivity contribution >= 4 is 29.1 Å². The molecule has 6 heteroatoms. The Balaban J connectivity index is 2.10. The first kappa shape index (κ1) is 17.8. The number of carbonyl (C=O) groups excluding carboxylic acids is 2. The monoisotopic (exact) mass is 338 g/mol. The molecule has 0 aliphatic carbocycles. The Morgan fingerprint density at radius 1 is 1.43 bits per heavy atom. The molecule has 2 rings (SSSR count). The second kappa shape index (κ2) is 6.89. The molecule has 2 amide bonds. The second-order valence-corrected chi connectivity index (χ2v) is 6.92. The van der Waals surface area contributed by atoms with E-state index in [2.05, 4.69) is 5.32 Å². The number of rotatable bonds is 4. The molecular formula is C17H23ClN2O3. The number of aliphatic hydroxyl groups excluding tert-OH is 1. The van der Waals surface area contributed by atoms with Crippen molar-refractivity contribution in [3.8, 4) is 0 Å². The Hall–Kier alpha value is -1.59. The molecule has 1 heterocycles. The van der Waals surface area contributed by atoms with Crippen LogP contribution in [0.15, 0.2) is 18.2 Å². The van der Waals surface area contributed by atoms with Crippen molar-refractivity contribution in [2.75, 3.05) is 18.0 Å². The van der Waals surface area contributed by atoms with Crippen molar-refractivity contribution in [1.82, 2.24) is 5.32 Å². The number of carbonyl (C=O) groups is 2. The number of amides is 2. The molecule has 23 heavy (non-hydrogen) atoms. The Morgan fingerprint density at radius 3 is 2.78 bits per heavy atom. The summed E-state index contributed by atoms with van der Waals surface area (Å²) in [7, 11) is 0. The van der Waals surface area contributed by atoms with Gasteiger partial charge in [-0.15, -0.1) is 0 Å².